The third kappa shape index (κ3) is 2.03. The van der Waals surface area contributed by atoms with Crippen LogP contribution < -0.4 is 6.15 Å². The van der Waals surface area contributed by atoms with E-state index in [2.05, 4.69) is 6.58 Å². The fourth-order valence-corrected chi connectivity index (χ4v) is 2.33. The molecule has 15 heavy (non-hydrogen) atoms. The maximum atomic E-state index is 11.1. The number of hydrogen-bond acceptors (Lipinski definition) is 4. The second-order valence-corrected chi connectivity index (χ2v) is 4.86. The maximum absolute atomic E-state index is 11.1. The lowest BCUT2D eigenvalue weighted by Gasteiger charge is -2.31. The lowest BCUT2D eigenvalue weighted by atomic mass is 9.91. The zero-order chi connectivity index (χ0) is 11.0. The molecule has 0 radical (unpaired) electrons. The molecule has 0 saturated heterocycles. The molecule has 0 aromatic heterocycles. The maximum Gasteiger partial charge on any atom is 0.280 e. The van der Waals surface area contributed by atoms with Gasteiger partial charge in [-0.05, 0) is 12.5 Å². The Hall–Kier alpha value is -0.950. The van der Waals surface area contributed by atoms with Crippen LogP contribution in [0.4, 0.5) is 0 Å². The molecule has 86 valence electrons. The molecule has 0 aromatic rings. The van der Waals surface area contributed by atoms with Crippen LogP contribution in [0.15, 0.2) is 36.5 Å². The van der Waals surface area contributed by atoms with Crippen molar-refractivity contribution >= 4 is 10.1 Å². The van der Waals surface area contributed by atoms with Gasteiger partial charge in [-0.1, -0.05) is 24.3 Å². The summed E-state index contributed by atoms with van der Waals surface area (Å²) in [6, 6.07) is 0. The molecule has 1 aliphatic rings. The van der Waals surface area contributed by atoms with E-state index in [9.17, 15) is 13.5 Å². The molecule has 1 aliphatic carbocycles. The molecule has 5 nitrogen and oxygen atoms in total. The van der Waals surface area contributed by atoms with Crippen LogP contribution in [-0.2, 0) is 10.1 Å². The van der Waals surface area contributed by atoms with Crippen LogP contribution in [0, 0.1) is 0 Å². The largest absolute Gasteiger partial charge is 0.386 e. The molecular weight excluding hydrogens is 218 g/mol. The van der Waals surface area contributed by atoms with Crippen LogP contribution in [0.3, 0.4) is 0 Å². The number of aliphatic hydroxyl groups is 1. The van der Waals surface area contributed by atoms with E-state index < -0.39 is 21.0 Å². The second-order valence-electron chi connectivity index (χ2n) is 3.21. The van der Waals surface area contributed by atoms with Gasteiger partial charge in [-0.2, -0.15) is 8.42 Å². The highest BCUT2D eigenvalue weighted by Gasteiger charge is 2.46. The molecule has 0 heterocycles. The van der Waals surface area contributed by atoms with E-state index >= 15 is 0 Å². The van der Waals surface area contributed by atoms with Crippen molar-refractivity contribution in [1.29, 1.82) is 0 Å². The average Bonchev–Trinajstić information content (AvgIpc) is 2.08. The van der Waals surface area contributed by atoms with Crippen molar-refractivity contribution in [3.63, 3.8) is 0 Å². The molecule has 0 aliphatic heterocycles. The average molecular weight is 233 g/mol. The molecule has 2 unspecified atom stereocenters. The van der Waals surface area contributed by atoms with E-state index in [0.29, 0.717) is 5.57 Å². The smallest absolute Gasteiger partial charge is 0.280 e. The molecule has 6 heteroatoms. The number of aliphatic hydroxyl groups excluding tert-OH is 1. The first-order chi connectivity index (χ1) is 6.35. The van der Waals surface area contributed by atoms with Crippen molar-refractivity contribution in [2.45, 2.75) is 17.8 Å². The van der Waals surface area contributed by atoms with Crippen LogP contribution in [0.1, 0.15) is 6.92 Å². The number of rotatable bonds is 2. The predicted octanol–water partition coefficient (Wildman–Crippen LogP) is 0.838. The molecular formula is C9H15NO4S. The van der Waals surface area contributed by atoms with Gasteiger partial charge in [0.05, 0.1) is 0 Å². The van der Waals surface area contributed by atoms with E-state index in [1.807, 2.05) is 0 Å². The zero-order valence-corrected chi connectivity index (χ0v) is 9.24. The van der Waals surface area contributed by atoms with Crippen LogP contribution in [0.25, 0.3) is 0 Å². The lowest BCUT2D eigenvalue weighted by molar-refractivity contribution is 0.187. The van der Waals surface area contributed by atoms with Gasteiger partial charge in [0.15, 0.2) is 4.75 Å². The Bertz CT molecular complexity index is 410. The summed E-state index contributed by atoms with van der Waals surface area (Å²) in [7, 11) is -4.42. The van der Waals surface area contributed by atoms with E-state index in [0.717, 1.165) is 6.08 Å². The van der Waals surface area contributed by atoms with Crippen molar-refractivity contribution < 1.29 is 18.1 Å². The Morgan fingerprint density at radius 2 is 2.13 bits per heavy atom. The molecule has 0 bridgehead atoms. The molecule has 0 aromatic carbocycles. The van der Waals surface area contributed by atoms with E-state index in [-0.39, 0.29) is 6.15 Å². The SMILES string of the molecule is C=CC1(S(=O)(=O)O)C=CC=C(C)C1O.N. The zero-order valence-electron chi connectivity index (χ0n) is 8.42. The Balaban J connectivity index is 0.00000196. The summed E-state index contributed by atoms with van der Waals surface area (Å²) in [6.07, 6.45) is 4.00. The van der Waals surface area contributed by atoms with Crippen LogP contribution in [0.2, 0.25) is 0 Å². The van der Waals surface area contributed by atoms with Crippen molar-refractivity contribution in [1.82, 2.24) is 6.15 Å². The fourth-order valence-electron chi connectivity index (χ4n) is 1.40. The summed E-state index contributed by atoms with van der Waals surface area (Å²) >= 11 is 0. The monoisotopic (exact) mass is 233 g/mol. The summed E-state index contributed by atoms with van der Waals surface area (Å²) in [6.45, 7) is 4.91. The van der Waals surface area contributed by atoms with Gasteiger partial charge in [-0.3, -0.25) is 4.55 Å². The van der Waals surface area contributed by atoms with Crippen LogP contribution in [-0.4, -0.2) is 28.9 Å². The number of allylic oxidation sites excluding steroid dienone is 2. The van der Waals surface area contributed by atoms with Crippen LogP contribution >= 0.6 is 0 Å². The summed E-state index contributed by atoms with van der Waals surface area (Å²) in [5.41, 5.74) is 0.463. The molecule has 0 spiro atoms. The standard InChI is InChI=1S/C9H12O4S.H3N/c1-3-9(14(11,12)13)6-4-5-7(2)8(9)10;/h3-6,8,10H,1H2,2H3,(H,11,12,13);1H3. The second kappa shape index (κ2) is 4.28. The summed E-state index contributed by atoms with van der Waals surface area (Å²) < 4.78 is 29.5. The Kier molecular flexibility index (Phi) is 4.01. The van der Waals surface area contributed by atoms with Gasteiger partial charge >= 0.3 is 0 Å². The molecule has 1 rings (SSSR count). The number of hydrogen-bond donors (Lipinski definition) is 3. The van der Waals surface area contributed by atoms with Gasteiger partial charge in [0.2, 0.25) is 0 Å². The highest BCUT2D eigenvalue weighted by Crippen LogP contribution is 2.31. The minimum absolute atomic E-state index is 0. The quantitative estimate of drug-likeness (QED) is 0.483. The van der Waals surface area contributed by atoms with Gasteiger partial charge in [0, 0.05) is 0 Å². The van der Waals surface area contributed by atoms with E-state index in [4.69, 9.17) is 4.55 Å². The van der Waals surface area contributed by atoms with E-state index in [1.165, 1.54) is 12.2 Å². The summed E-state index contributed by atoms with van der Waals surface area (Å²) in [4.78, 5) is 0. The van der Waals surface area contributed by atoms with Crippen molar-refractivity contribution in [2.75, 3.05) is 0 Å². The Morgan fingerprint density at radius 1 is 1.60 bits per heavy atom. The molecule has 0 fully saturated rings. The third-order valence-electron chi connectivity index (χ3n) is 2.34. The van der Waals surface area contributed by atoms with E-state index in [1.54, 1.807) is 13.0 Å². The third-order valence-corrected chi connectivity index (χ3v) is 3.76. The van der Waals surface area contributed by atoms with Gasteiger partial charge in [-0.25, -0.2) is 0 Å². The fraction of sp³-hybridized carbons (Fsp3) is 0.333. The van der Waals surface area contributed by atoms with Crippen LogP contribution in [0.5, 0.6) is 0 Å². The van der Waals surface area contributed by atoms with Gasteiger partial charge < -0.3 is 11.3 Å². The van der Waals surface area contributed by atoms with Crippen molar-refractivity contribution in [2.24, 2.45) is 0 Å². The van der Waals surface area contributed by atoms with Gasteiger partial charge in [0.25, 0.3) is 10.1 Å². The minimum Gasteiger partial charge on any atom is -0.386 e. The first kappa shape index (κ1) is 14.1. The molecule has 0 amide bonds. The molecule has 5 N–H and O–H groups in total. The topological polar surface area (TPSA) is 110 Å². The summed E-state index contributed by atoms with van der Waals surface area (Å²) in [5, 5.41) is 9.69. The molecule has 0 saturated carbocycles. The first-order valence-corrected chi connectivity index (χ1v) is 5.44. The minimum atomic E-state index is -4.42. The normalized spacial score (nSPS) is 30.3. The highest BCUT2D eigenvalue weighted by molar-refractivity contribution is 7.87. The Labute approximate surface area is 89.1 Å². The predicted molar refractivity (Wildman–Crippen MR) is 58.4 cm³/mol. The highest BCUT2D eigenvalue weighted by atomic mass is 32.2. The first-order valence-electron chi connectivity index (χ1n) is 4.00. The van der Waals surface area contributed by atoms with Gasteiger partial charge in [0.1, 0.15) is 6.10 Å². The Morgan fingerprint density at radius 3 is 2.47 bits per heavy atom. The van der Waals surface area contributed by atoms with Crippen molar-refractivity contribution in [3.05, 3.63) is 36.5 Å². The van der Waals surface area contributed by atoms with Gasteiger partial charge in [-0.15, -0.1) is 6.58 Å². The van der Waals surface area contributed by atoms with Crippen molar-refractivity contribution in [3.8, 4) is 0 Å². The molecule has 2 atom stereocenters. The summed E-state index contributed by atoms with van der Waals surface area (Å²) in [5.74, 6) is 0. The lowest BCUT2D eigenvalue weighted by Crippen LogP contribution is -2.47.